The van der Waals surface area contributed by atoms with Crippen LogP contribution in [0.25, 0.3) is 0 Å². The summed E-state index contributed by atoms with van der Waals surface area (Å²) in [4.78, 5) is 11.9. The van der Waals surface area contributed by atoms with Crippen molar-refractivity contribution < 1.29 is 13.6 Å². The number of carbonyl (C=O) groups is 1. The molecule has 0 bridgehead atoms. The van der Waals surface area contributed by atoms with Crippen molar-refractivity contribution in [2.24, 2.45) is 0 Å². The molecule has 20 heavy (non-hydrogen) atoms. The summed E-state index contributed by atoms with van der Waals surface area (Å²) in [5.41, 5.74) is 0.811. The SMILES string of the molecule is Cc1c(F)cc(C#N)cc1NC(=O)c1ccc(F)cc1. The molecule has 0 unspecified atom stereocenters. The van der Waals surface area contributed by atoms with Crippen LogP contribution in [0.15, 0.2) is 36.4 Å². The van der Waals surface area contributed by atoms with Gasteiger partial charge in [-0.3, -0.25) is 4.79 Å². The summed E-state index contributed by atoms with van der Waals surface area (Å²) in [6.07, 6.45) is 0. The van der Waals surface area contributed by atoms with Crippen LogP contribution in [-0.2, 0) is 0 Å². The van der Waals surface area contributed by atoms with Crippen molar-refractivity contribution in [1.82, 2.24) is 0 Å². The van der Waals surface area contributed by atoms with Crippen LogP contribution in [-0.4, -0.2) is 5.91 Å². The van der Waals surface area contributed by atoms with Crippen LogP contribution in [0.4, 0.5) is 14.5 Å². The summed E-state index contributed by atoms with van der Waals surface area (Å²) in [5, 5.41) is 11.3. The fourth-order valence-corrected chi connectivity index (χ4v) is 1.67. The van der Waals surface area contributed by atoms with Crippen molar-refractivity contribution in [2.75, 3.05) is 5.32 Å². The molecule has 0 atom stereocenters. The average molecular weight is 272 g/mol. The van der Waals surface area contributed by atoms with Crippen LogP contribution in [0.1, 0.15) is 21.5 Å². The van der Waals surface area contributed by atoms with Crippen LogP contribution in [0.3, 0.4) is 0 Å². The van der Waals surface area contributed by atoms with Gasteiger partial charge < -0.3 is 5.32 Å². The first kappa shape index (κ1) is 13.7. The van der Waals surface area contributed by atoms with Crippen LogP contribution < -0.4 is 5.32 Å². The average Bonchev–Trinajstić information content (AvgIpc) is 2.44. The lowest BCUT2D eigenvalue weighted by atomic mass is 10.1. The van der Waals surface area contributed by atoms with Gasteiger partial charge in [-0.05, 0) is 43.3 Å². The minimum atomic E-state index is -0.571. The molecule has 0 saturated heterocycles. The van der Waals surface area contributed by atoms with Gasteiger partial charge in [0.25, 0.3) is 5.91 Å². The fourth-order valence-electron chi connectivity index (χ4n) is 1.67. The molecule has 0 radical (unpaired) electrons. The van der Waals surface area contributed by atoms with E-state index >= 15 is 0 Å². The summed E-state index contributed by atoms with van der Waals surface area (Å²) < 4.78 is 26.4. The highest BCUT2D eigenvalue weighted by atomic mass is 19.1. The molecule has 1 N–H and O–H groups in total. The van der Waals surface area contributed by atoms with E-state index in [1.807, 2.05) is 6.07 Å². The third-order valence-corrected chi connectivity index (χ3v) is 2.83. The zero-order chi connectivity index (χ0) is 14.7. The van der Waals surface area contributed by atoms with Gasteiger partial charge in [0.1, 0.15) is 11.6 Å². The highest BCUT2D eigenvalue weighted by molar-refractivity contribution is 6.04. The molecule has 0 aliphatic rings. The molecular formula is C15H10F2N2O. The number of hydrogen-bond donors (Lipinski definition) is 1. The quantitative estimate of drug-likeness (QED) is 0.911. The standard InChI is InChI=1S/C15H10F2N2O/c1-9-13(17)6-10(8-18)7-14(9)19-15(20)11-2-4-12(16)5-3-11/h2-7H,1H3,(H,19,20). The van der Waals surface area contributed by atoms with E-state index in [4.69, 9.17) is 5.26 Å². The molecule has 5 heteroatoms. The van der Waals surface area contributed by atoms with E-state index in [0.717, 1.165) is 18.2 Å². The zero-order valence-electron chi connectivity index (χ0n) is 10.6. The maximum Gasteiger partial charge on any atom is 0.255 e. The minimum absolute atomic E-state index is 0.113. The van der Waals surface area contributed by atoms with Gasteiger partial charge >= 0.3 is 0 Å². The van der Waals surface area contributed by atoms with E-state index < -0.39 is 17.5 Å². The molecule has 2 rings (SSSR count). The Morgan fingerprint density at radius 3 is 2.45 bits per heavy atom. The number of nitrogens with one attached hydrogen (secondary N) is 1. The van der Waals surface area contributed by atoms with E-state index in [1.165, 1.54) is 25.1 Å². The summed E-state index contributed by atoms with van der Waals surface area (Å²) in [6.45, 7) is 1.50. The van der Waals surface area contributed by atoms with E-state index in [-0.39, 0.29) is 22.4 Å². The van der Waals surface area contributed by atoms with Crippen LogP contribution in [0, 0.1) is 29.9 Å². The molecule has 0 spiro atoms. The number of anilines is 1. The largest absolute Gasteiger partial charge is 0.322 e. The van der Waals surface area contributed by atoms with Crippen molar-refractivity contribution in [2.45, 2.75) is 6.92 Å². The lowest BCUT2D eigenvalue weighted by molar-refractivity contribution is 0.102. The van der Waals surface area contributed by atoms with Crippen molar-refractivity contribution in [3.63, 3.8) is 0 Å². The molecule has 0 aliphatic carbocycles. The molecule has 0 fully saturated rings. The summed E-state index contributed by atoms with van der Waals surface area (Å²) in [6, 6.07) is 9.27. The summed E-state index contributed by atoms with van der Waals surface area (Å²) in [5.74, 6) is -1.52. The number of nitriles is 1. The first-order chi connectivity index (χ1) is 9.51. The third kappa shape index (κ3) is 2.81. The van der Waals surface area contributed by atoms with Crippen molar-refractivity contribution in [3.8, 4) is 6.07 Å². The Kier molecular flexibility index (Phi) is 3.76. The molecule has 0 saturated carbocycles. The number of nitrogens with zero attached hydrogens (tertiary/aromatic N) is 1. The maximum absolute atomic E-state index is 13.6. The molecule has 2 aromatic carbocycles. The van der Waals surface area contributed by atoms with Crippen LogP contribution in [0.5, 0.6) is 0 Å². The van der Waals surface area contributed by atoms with Crippen LogP contribution in [0.2, 0.25) is 0 Å². The van der Waals surface area contributed by atoms with Crippen molar-refractivity contribution >= 4 is 11.6 Å². The monoisotopic (exact) mass is 272 g/mol. The molecule has 0 aliphatic heterocycles. The Morgan fingerprint density at radius 2 is 1.85 bits per heavy atom. The number of amides is 1. The Labute approximate surface area is 114 Å². The molecule has 1 amide bonds. The van der Waals surface area contributed by atoms with Gasteiger partial charge in [0.15, 0.2) is 0 Å². The Morgan fingerprint density at radius 1 is 1.20 bits per heavy atom. The second kappa shape index (κ2) is 5.49. The van der Waals surface area contributed by atoms with Gasteiger partial charge in [-0.25, -0.2) is 8.78 Å². The van der Waals surface area contributed by atoms with E-state index in [9.17, 15) is 13.6 Å². The summed E-state index contributed by atoms with van der Waals surface area (Å²) >= 11 is 0. The topological polar surface area (TPSA) is 52.9 Å². The predicted octanol–water partition coefficient (Wildman–Crippen LogP) is 3.40. The minimum Gasteiger partial charge on any atom is -0.322 e. The van der Waals surface area contributed by atoms with Crippen molar-refractivity contribution in [3.05, 3.63) is 64.7 Å². The van der Waals surface area contributed by atoms with Crippen LogP contribution >= 0.6 is 0 Å². The molecule has 100 valence electrons. The van der Waals surface area contributed by atoms with Gasteiger partial charge in [-0.2, -0.15) is 5.26 Å². The van der Waals surface area contributed by atoms with E-state index in [1.54, 1.807) is 0 Å². The van der Waals surface area contributed by atoms with Gasteiger partial charge in [0.2, 0.25) is 0 Å². The Bertz CT molecular complexity index is 703. The highest BCUT2D eigenvalue weighted by Gasteiger charge is 2.11. The molecule has 2 aromatic rings. The number of benzene rings is 2. The zero-order valence-corrected chi connectivity index (χ0v) is 10.6. The predicted molar refractivity (Wildman–Crippen MR) is 70.2 cm³/mol. The lowest BCUT2D eigenvalue weighted by Crippen LogP contribution is -2.13. The first-order valence-electron chi connectivity index (χ1n) is 5.78. The van der Waals surface area contributed by atoms with Gasteiger partial charge in [0, 0.05) is 16.8 Å². The van der Waals surface area contributed by atoms with Crippen molar-refractivity contribution in [1.29, 1.82) is 5.26 Å². The third-order valence-electron chi connectivity index (χ3n) is 2.83. The first-order valence-corrected chi connectivity index (χ1v) is 5.78. The number of carbonyl (C=O) groups excluding carboxylic acids is 1. The molecule has 0 aromatic heterocycles. The van der Waals surface area contributed by atoms with E-state index in [0.29, 0.717) is 0 Å². The lowest BCUT2D eigenvalue weighted by Gasteiger charge is -2.09. The number of halogens is 2. The molecular weight excluding hydrogens is 262 g/mol. The van der Waals surface area contributed by atoms with Gasteiger partial charge in [-0.1, -0.05) is 0 Å². The van der Waals surface area contributed by atoms with Gasteiger partial charge in [-0.15, -0.1) is 0 Å². The van der Waals surface area contributed by atoms with Gasteiger partial charge in [0.05, 0.1) is 11.6 Å². The smallest absolute Gasteiger partial charge is 0.255 e. The number of rotatable bonds is 2. The second-order valence-electron chi connectivity index (χ2n) is 4.20. The molecule has 0 heterocycles. The Balaban J connectivity index is 2.30. The molecule has 3 nitrogen and oxygen atoms in total. The maximum atomic E-state index is 13.6. The summed E-state index contributed by atoms with van der Waals surface area (Å²) in [7, 11) is 0. The number of hydrogen-bond acceptors (Lipinski definition) is 2. The normalized spacial score (nSPS) is 9.90. The highest BCUT2D eigenvalue weighted by Crippen LogP contribution is 2.21. The van der Waals surface area contributed by atoms with E-state index in [2.05, 4.69) is 5.32 Å². The fraction of sp³-hybridized carbons (Fsp3) is 0.0667. The Hall–Kier alpha value is -2.74. The second-order valence-corrected chi connectivity index (χ2v) is 4.20.